The average molecular weight is 273 g/mol. The first-order chi connectivity index (χ1) is 9.67. The summed E-state index contributed by atoms with van der Waals surface area (Å²) in [5.41, 5.74) is 7.55. The number of amidine groups is 1. The van der Waals surface area contributed by atoms with Gasteiger partial charge in [-0.2, -0.15) is 0 Å². The molecule has 20 heavy (non-hydrogen) atoms. The lowest BCUT2D eigenvalue weighted by Gasteiger charge is -2.18. The van der Waals surface area contributed by atoms with Crippen molar-refractivity contribution in [3.63, 3.8) is 0 Å². The van der Waals surface area contributed by atoms with Crippen LogP contribution < -0.4 is 10.5 Å². The molecule has 2 unspecified atom stereocenters. The zero-order valence-corrected chi connectivity index (χ0v) is 12.1. The lowest BCUT2D eigenvalue weighted by molar-refractivity contribution is 0.303. The number of nitrogen functional groups attached to an aromatic ring is 1. The Morgan fingerprint density at radius 3 is 2.65 bits per heavy atom. The number of hydrogen-bond acceptors (Lipinski definition) is 3. The summed E-state index contributed by atoms with van der Waals surface area (Å²) in [4.78, 5) is 2.54. The van der Waals surface area contributed by atoms with Crippen molar-refractivity contribution in [2.75, 3.05) is 20.2 Å². The van der Waals surface area contributed by atoms with Crippen LogP contribution in [0.2, 0.25) is 0 Å². The van der Waals surface area contributed by atoms with Crippen molar-refractivity contribution < 1.29 is 4.74 Å². The fraction of sp³-hybridized carbons (Fsp3) is 0.562. The highest BCUT2D eigenvalue weighted by atomic mass is 16.5. The number of hydrogen-bond donors (Lipinski definition) is 2. The highest BCUT2D eigenvalue weighted by molar-refractivity contribution is 5.97. The molecule has 1 aromatic rings. The molecule has 0 amide bonds. The molecule has 0 spiro atoms. The zero-order valence-electron chi connectivity index (χ0n) is 12.1. The van der Waals surface area contributed by atoms with Gasteiger partial charge in [0, 0.05) is 19.6 Å². The Hall–Kier alpha value is -1.55. The predicted molar refractivity (Wildman–Crippen MR) is 80.1 cm³/mol. The van der Waals surface area contributed by atoms with Crippen LogP contribution in [-0.4, -0.2) is 30.9 Å². The molecule has 108 valence electrons. The summed E-state index contributed by atoms with van der Waals surface area (Å²) in [6.45, 7) is 3.41. The van der Waals surface area contributed by atoms with Gasteiger partial charge in [-0.25, -0.2) is 0 Å². The Morgan fingerprint density at radius 2 is 2.05 bits per heavy atom. The van der Waals surface area contributed by atoms with E-state index in [4.69, 9.17) is 15.9 Å². The van der Waals surface area contributed by atoms with Crippen LogP contribution in [0.15, 0.2) is 18.2 Å². The van der Waals surface area contributed by atoms with Crippen molar-refractivity contribution >= 4 is 5.84 Å². The van der Waals surface area contributed by atoms with Gasteiger partial charge in [-0.1, -0.05) is 12.5 Å². The Kier molecular flexibility index (Phi) is 3.66. The molecule has 1 aliphatic carbocycles. The smallest absolute Gasteiger partial charge is 0.129 e. The van der Waals surface area contributed by atoms with E-state index >= 15 is 0 Å². The predicted octanol–water partition coefficient (Wildman–Crippen LogP) is 2.21. The summed E-state index contributed by atoms with van der Waals surface area (Å²) in [5, 5.41) is 7.65. The van der Waals surface area contributed by atoms with Crippen LogP contribution in [-0.2, 0) is 6.54 Å². The number of nitrogens with one attached hydrogen (secondary N) is 1. The third kappa shape index (κ3) is 2.52. The van der Waals surface area contributed by atoms with E-state index in [2.05, 4.69) is 11.0 Å². The van der Waals surface area contributed by atoms with Crippen LogP contribution in [0.3, 0.4) is 0 Å². The molecule has 1 saturated heterocycles. The molecule has 2 aliphatic rings. The number of benzene rings is 1. The molecular weight excluding hydrogens is 250 g/mol. The molecule has 1 heterocycles. The average Bonchev–Trinajstić information content (AvgIpc) is 2.99. The lowest BCUT2D eigenvalue weighted by Crippen LogP contribution is -2.21. The minimum atomic E-state index is 0.0713. The monoisotopic (exact) mass is 273 g/mol. The van der Waals surface area contributed by atoms with Gasteiger partial charge in [0.25, 0.3) is 0 Å². The van der Waals surface area contributed by atoms with Crippen LogP contribution in [0.4, 0.5) is 0 Å². The molecule has 1 saturated carbocycles. The van der Waals surface area contributed by atoms with Crippen LogP contribution in [0.5, 0.6) is 5.75 Å². The van der Waals surface area contributed by atoms with Crippen LogP contribution in [0.1, 0.15) is 30.4 Å². The van der Waals surface area contributed by atoms with Crippen molar-refractivity contribution in [3.8, 4) is 5.75 Å². The van der Waals surface area contributed by atoms with E-state index in [-0.39, 0.29) is 5.84 Å². The van der Waals surface area contributed by atoms with Gasteiger partial charge in [0.15, 0.2) is 0 Å². The first kappa shape index (κ1) is 13.4. The summed E-state index contributed by atoms with van der Waals surface area (Å²) < 4.78 is 5.26. The minimum absolute atomic E-state index is 0.0713. The number of nitrogens with zero attached hydrogens (tertiary/aromatic N) is 1. The summed E-state index contributed by atoms with van der Waals surface area (Å²) in [6.07, 6.45) is 4.23. The van der Waals surface area contributed by atoms with Crippen molar-refractivity contribution in [3.05, 3.63) is 29.3 Å². The number of rotatable bonds is 4. The fourth-order valence-electron chi connectivity index (χ4n) is 3.78. The molecule has 0 bridgehead atoms. The van der Waals surface area contributed by atoms with E-state index in [1.165, 1.54) is 37.9 Å². The molecule has 1 aliphatic heterocycles. The first-order valence-electron chi connectivity index (χ1n) is 7.41. The van der Waals surface area contributed by atoms with Crippen molar-refractivity contribution in [1.82, 2.24) is 4.90 Å². The van der Waals surface area contributed by atoms with Crippen molar-refractivity contribution in [1.29, 1.82) is 5.41 Å². The highest BCUT2D eigenvalue weighted by Crippen LogP contribution is 2.38. The maximum Gasteiger partial charge on any atom is 0.129 e. The Morgan fingerprint density at radius 1 is 1.35 bits per heavy atom. The largest absolute Gasteiger partial charge is 0.496 e. The van der Waals surface area contributed by atoms with Crippen molar-refractivity contribution in [2.24, 2.45) is 17.6 Å². The van der Waals surface area contributed by atoms with Crippen LogP contribution in [0.25, 0.3) is 0 Å². The van der Waals surface area contributed by atoms with E-state index in [9.17, 15) is 0 Å². The van der Waals surface area contributed by atoms with E-state index < -0.39 is 0 Å². The maximum atomic E-state index is 7.65. The third-order valence-electron chi connectivity index (χ3n) is 4.76. The first-order valence-corrected chi connectivity index (χ1v) is 7.41. The standard InChI is InChI=1S/C16H23N3O/c1-20-15-6-5-11(7-14(15)16(17)18)8-19-9-12-3-2-4-13(12)10-19/h5-7,12-13H,2-4,8-10H2,1H3,(H3,17,18). The summed E-state index contributed by atoms with van der Waals surface area (Å²) in [5.74, 6) is 2.59. The molecule has 2 atom stereocenters. The molecule has 3 rings (SSSR count). The summed E-state index contributed by atoms with van der Waals surface area (Å²) in [6, 6.07) is 6.00. The lowest BCUT2D eigenvalue weighted by atomic mass is 10.0. The van der Waals surface area contributed by atoms with E-state index in [1.807, 2.05) is 12.1 Å². The van der Waals surface area contributed by atoms with Gasteiger partial charge in [-0.05, 0) is 42.4 Å². The molecule has 3 N–H and O–H groups in total. The zero-order chi connectivity index (χ0) is 14.1. The second kappa shape index (κ2) is 5.44. The Balaban J connectivity index is 1.72. The van der Waals surface area contributed by atoms with Crippen molar-refractivity contribution in [2.45, 2.75) is 25.8 Å². The Bertz CT molecular complexity index is 502. The molecule has 2 fully saturated rings. The minimum Gasteiger partial charge on any atom is -0.496 e. The molecule has 0 aromatic heterocycles. The van der Waals surface area contributed by atoms with Crippen LogP contribution in [0, 0.1) is 17.2 Å². The molecule has 1 aromatic carbocycles. The van der Waals surface area contributed by atoms with E-state index in [1.54, 1.807) is 7.11 Å². The number of nitrogens with two attached hydrogens (primary N) is 1. The number of methoxy groups -OCH3 is 1. The quantitative estimate of drug-likeness (QED) is 0.653. The third-order valence-corrected chi connectivity index (χ3v) is 4.76. The second-order valence-electron chi connectivity index (χ2n) is 6.09. The number of likely N-dealkylation sites (tertiary alicyclic amines) is 1. The maximum absolute atomic E-state index is 7.65. The van der Waals surface area contributed by atoms with Gasteiger partial charge >= 0.3 is 0 Å². The second-order valence-corrected chi connectivity index (χ2v) is 6.09. The van der Waals surface area contributed by atoms with Gasteiger partial charge in [0.1, 0.15) is 11.6 Å². The molecule has 4 nitrogen and oxygen atoms in total. The van der Waals surface area contributed by atoms with Gasteiger partial charge in [-0.15, -0.1) is 0 Å². The SMILES string of the molecule is COc1ccc(CN2CC3CCCC3C2)cc1C(=N)N. The van der Waals surface area contributed by atoms with E-state index in [0.29, 0.717) is 11.3 Å². The van der Waals surface area contributed by atoms with E-state index in [0.717, 1.165) is 18.4 Å². The normalized spacial score (nSPS) is 25.6. The van der Waals surface area contributed by atoms with Gasteiger partial charge in [-0.3, -0.25) is 10.3 Å². The number of ether oxygens (including phenoxy) is 1. The number of fused-ring (bicyclic) bond motifs is 1. The van der Waals surface area contributed by atoms with Crippen LogP contribution >= 0.6 is 0 Å². The molecule has 0 radical (unpaired) electrons. The summed E-state index contributed by atoms with van der Waals surface area (Å²) >= 11 is 0. The van der Waals surface area contributed by atoms with Gasteiger partial charge in [0.05, 0.1) is 12.7 Å². The summed E-state index contributed by atoms with van der Waals surface area (Å²) in [7, 11) is 1.61. The molecular formula is C16H23N3O. The topological polar surface area (TPSA) is 62.3 Å². The molecule has 4 heteroatoms. The fourth-order valence-corrected chi connectivity index (χ4v) is 3.78. The highest BCUT2D eigenvalue weighted by Gasteiger charge is 2.35. The van der Waals surface area contributed by atoms with Gasteiger partial charge < -0.3 is 10.5 Å². The van der Waals surface area contributed by atoms with Gasteiger partial charge in [0.2, 0.25) is 0 Å². The Labute approximate surface area is 120 Å².